The van der Waals surface area contributed by atoms with Gasteiger partial charge in [-0.3, -0.25) is 9.11 Å². The molecule has 0 aromatic rings. The standard InChI is InChI=1S/C14H30O9S2/c15-9-1-5-13(24(17,18)19)7-3-11-23-12-4-8-14(6-2-10-16)25(20,21)22/h13-16H,1-12H2,(H,17,18,19)(H,20,21,22). The number of hydrogen-bond acceptors (Lipinski definition) is 7. The van der Waals surface area contributed by atoms with Gasteiger partial charge in [0.15, 0.2) is 0 Å². The lowest BCUT2D eigenvalue weighted by Gasteiger charge is -2.14. The highest BCUT2D eigenvalue weighted by atomic mass is 32.2. The third-order valence-electron chi connectivity index (χ3n) is 3.84. The molecule has 9 nitrogen and oxygen atoms in total. The smallest absolute Gasteiger partial charge is 0.267 e. The van der Waals surface area contributed by atoms with Crippen LogP contribution in [-0.2, 0) is 25.0 Å². The minimum atomic E-state index is -4.15. The molecular weight excluding hydrogens is 376 g/mol. The second kappa shape index (κ2) is 13.0. The Morgan fingerprint density at radius 3 is 1.24 bits per heavy atom. The average Bonchev–Trinajstić information content (AvgIpc) is 2.49. The fourth-order valence-corrected chi connectivity index (χ4v) is 4.31. The van der Waals surface area contributed by atoms with Crippen molar-refractivity contribution in [1.82, 2.24) is 0 Å². The zero-order valence-electron chi connectivity index (χ0n) is 14.3. The van der Waals surface area contributed by atoms with E-state index < -0.39 is 30.7 Å². The first-order chi connectivity index (χ1) is 11.6. The molecule has 0 amide bonds. The predicted molar refractivity (Wildman–Crippen MR) is 92.6 cm³/mol. The van der Waals surface area contributed by atoms with Crippen molar-refractivity contribution in [3.05, 3.63) is 0 Å². The predicted octanol–water partition coefficient (Wildman–Crippen LogP) is 0.621. The maximum absolute atomic E-state index is 11.2. The molecule has 0 aliphatic rings. The van der Waals surface area contributed by atoms with Gasteiger partial charge >= 0.3 is 0 Å². The van der Waals surface area contributed by atoms with Crippen LogP contribution in [0.2, 0.25) is 0 Å². The summed E-state index contributed by atoms with van der Waals surface area (Å²) in [6.45, 7) is 0.234. The van der Waals surface area contributed by atoms with Crippen LogP contribution in [0.15, 0.2) is 0 Å². The summed E-state index contributed by atoms with van der Waals surface area (Å²) in [5.41, 5.74) is 0. The lowest BCUT2D eigenvalue weighted by molar-refractivity contribution is 0.125. The second-order valence-corrected chi connectivity index (χ2v) is 9.30. The van der Waals surface area contributed by atoms with Crippen molar-refractivity contribution in [3.8, 4) is 0 Å². The summed E-state index contributed by atoms with van der Waals surface area (Å²) in [5, 5.41) is 15.6. The molecule has 0 aliphatic carbocycles. The molecule has 0 aromatic carbocycles. The van der Waals surface area contributed by atoms with E-state index in [-0.39, 0.29) is 65.0 Å². The Morgan fingerprint density at radius 2 is 0.960 bits per heavy atom. The maximum Gasteiger partial charge on any atom is 0.267 e. The average molecular weight is 407 g/mol. The number of rotatable bonds is 16. The van der Waals surface area contributed by atoms with Crippen LogP contribution in [0.3, 0.4) is 0 Å². The van der Waals surface area contributed by atoms with E-state index in [0.717, 1.165) is 0 Å². The Kier molecular flexibility index (Phi) is 12.8. The number of ether oxygens (including phenoxy) is 1. The van der Waals surface area contributed by atoms with Crippen molar-refractivity contribution in [3.63, 3.8) is 0 Å². The van der Waals surface area contributed by atoms with Gasteiger partial charge in [-0.1, -0.05) is 0 Å². The van der Waals surface area contributed by atoms with E-state index in [1.165, 1.54) is 0 Å². The van der Waals surface area contributed by atoms with Crippen LogP contribution in [-0.4, -0.2) is 73.1 Å². The van der Waals surface area contributed by atoms with Gasteiger partial charge in [-0.15, -0.1) is 0 Å². The van der Waals surface area contributed by atoms with Gasteiger partial charge < -0.3 is 14.9 Å². The highest BCUT2D eigenvalue weighted by Crippen LogP contribution is 2.15. The van der Waals surface area contributed by atoms with Crippen LogP contribution < -0.4 is 0 Å². The zero-order chi connectivity index (χ0) is 19.3. The highest BCUT2D eigenvalue weighted by molar-refractivity contribution is 7.86. The van der Waals surface area contributed by atoms with E-state index >= 15 is 0 Å². The lowest BCUT2D eigenvalue weighted by atomic mass is 10.1. The lowest BCUT2D eigenvalue weighted by Crippen LogP contribution is -2.22. The fraction of sp³-hybridized carbons (Fsp3) is 1.00. The van der Waals surface area contributed by atoms with Gasteiger partial charge in [0.1, 0.15) is 0 Å². The molecular formula is C14H30O9S2. The van der Waals surface area contributed by atoms with Gasteiger partial charge in [-0.25, -0.2) is 0 Å². The number of hydrogen-bond donors (Lipinski definition) is 4. The van der Waals surface area contributed by atoms with Gasteiger partial charge in [-0.2, -0.15) is 16.8 Å². The van der Waals surface area contributed by atoms with Crippen LogP contribution in [0.4, 0.5) is 0 Å². The molecule has 0 rings (SSSR count). The van der Waals surface area contributed by atoms with Crippen LogP contribution >= 0.6 is 0 Å². The SMILES string of the molecule is O=S(=O)(O)C(CCCO)CCCOCCCC(CCCO)S(=O)(=O)O. The maximum atomic E-state index is 11.2. The zero-order valence-corrected chi connectivity index (χ0v) is 15.9. The molecule has 4 N–H and O–H groups in total. The van der Waals surface area contributed by atoms with Crippen molar-refractivity contribution in [2.75, 3.05) is 26.4 Å². The summed E-state index contributed by atoms with van der Waals surface area (Å²) in [4.78, 5) is 0. The fourth-order valence-electron chi connectivity index (χ4n) is 2.45. The van der Waals surface area contributed by atoms with Crippen LogP contribution in [0.1, 0.15) is 51.4 Å². The molecule has 2 unspecified atom stereocenters. The molecule has 0 fully saturated rings. The molecule has 25 heavy (non-hydrogen) atoms. The minimum Gasteiger partial charge on any atom is -0.396 e. The summed E-state index contributed by atoms with van der Waals surface area (Å²) < 4.78 is 68.3. The first-order valence-corrected chi connectivity index (χ1v) is 11.4. The van der Waals surface area contributed by atoms with Crippen molar-refractivity contribution in [2.45, 2.75) is 61.9 Å². The Hall–Kier alpha value is -0.300. The van der Waals surface area contributed by atoms with E-state index in [1.807, 2.05) is 0 Å². The van der Waals surface area contributed by atoms with Crippen LogP contribution in [0, 0.1) is 0 Å². The van der Waals surface area contributed by atoms with Crippen molar-refractivity contribution in [1.29, 1.82) is 0 Å². The Bertz CT molecular complexity index is 483. The van der Waals surface area contributed by atoms with Crippen molar-refractivity contribution >= 4 is 20.2 Å². The molecule has 0 aliphatic heterocycles. The summed E-state index contributed by atoms with van der Waals surface area (Å²) in [7, 11) is -8.31. The van der Waals surface area contributed by atoms with E-state index in [4.69, 9.17) is 24.1 Å². The van der Waals surface area contributed by atoms with Crippen LogP contribution in [0.25, 0.3) is 0 Å². The number of aliphatic hydroxyl groups is 2. The Balaban J connectivity index is 4.00. The first-order valence-electron chi connectivity index (χ1n) is 8.35. The monoisotopic (exact) mass is 406 g/mol. The summed E-state index contributed by atoms with van der Waals surface area (Å²) >= 11 is 0. The molecule has 152 valence electrons. The van der Waals surface area contributed by atoms with Gasteiger partial charge in [0.2, 0.25) is 0 Å². The van der Waals surface area contributed by atoms with Crippen molar-refractivity contribution in [2.24, 2.45) is 0 Å². The quantitative estimate of drug-likeness (QED) is 0.213. The minimum absolute atomic E-state index is 0.145. The largest absolute Gasteiger partial charge is 0.396 e. The first kappa shape index (κ1) is 24.7. The molecule has 0 heterocycles. The number of aliphatic hydroxyl groups excluding tert-OH is 2. The van der Waals surface area contributed by atoms with Gasteiger partial charge in [0.25, 0.3) is 20.2 Å². The molecule has 0 saturated heterocycles. The third-order valence-corrected chi connectivity index (χ3v) is 6.47. The molecule has 0 saturated carbocycles. The van der Waals surface area contributed by atoms with E-state index in [0.29, 0.717) is 12.8 Å². The van der Waals surface area contributed by atoms with E-state index in [9.17, 15) is 16.8 Å². The topological polar surface area (TPSA) is 158 Å². The summed E-state index contributed by atoms with van der Waals surface area (Å²) in [6, 6.07) is 0. The third kappa shape index (κ3) is 12.7. The molecule has 11 heteroatoms. The molecule has 2 atom stereocenters. The van der Waals surface area contributed by atoms with Gasteiger partial charge in [0.05, 0.1) is 10.5 Å². The van der Waals surface area contributed by atoms with E-state index in [2.05, 4.69) is 0 Å². The van der Waals surface area contributed by atoms with Crippen molar-refractivity contribution < 1.29 is 40.9 Å². The highest BCUT2D eigenvalue weighted by Gasteiger charge is 2.23. The molecule has 0 radical (unpaired) electrons. The molecule has 0 spiro atoms. The van der Waals surface area contributed by atoms with E-state index in [1.54, 1.807) is 0 Å². The molecule has 0 aromatic heterocycles. The Morgan fingerprint density at radius 1 is 0.640 bits per heavy atom. The normalized spacial score (nSPS) is 15.2. The summed E-state index contributed by atoms with van der Waals surface area (Å²) in [6.07, 6.45) is 2.16. The summed E-state index contributed by atoms with van der Waals surface area (Å²) in [5.74, 6) is 0. The van der Waals surface area contributed by atoms with Gasteiger partial charge in [0, 0.05) is 26.4 Å². The second-order valence-electron chi connectivity index (χ2n) is 5.90. The Labute approximate surface area is 149 Å². The van der Waals surface area contributed by atoms with Gasteiger partial charge in [-0.05, 0) is 51.4 Å². The van der Waals surface area contributed by atoms with Crippen LogP contribution in [0.5, 0.6) is 0 Å². The molecule has 0 bridgehead atoms.